The zero-order valence-electron chi connectivity index (χ0n) is 8.08. The topological polar surface area (TPSA) is 66.4 Å². The van der Waals surface area contributed by atoms with E-state index in [4.69, 9.17) is 5.11 Å². The monoisotopic (exact) mass is 271 g/mol. The quantitative estimate of drug-likeness (QED) is 0.829. The number of amides is 1. The van der Waals surface area contributed by atoms with Crippen LogP contribution in [0.25, 0.3) is 0 Å². The Balaban J connectivity index is 2.69. The summed E-state index contributed by atoms with van der Waals surface area (Å²) in [6.07, 6.45) is -0.519. The molecule has 0 unspecified atom stereocenters. The first kappa shape index (κ1) is 11.7. The number of aryl methyl sites for hydroxylation is 1. The predicted molar refractivity (Wildman–Crippen MR) is 59.8 cm³/mol. The minimum absolute atomic E-state index is 0.519. The minimum Gasteiger partial charge on any atom is -0.481 e. The van der Waals surface area contributed by atoms with E-state index in [0.717, 1.165) is 10.0 Å². The van der Waals surface area contributed by atoms with Crippen molar-refractivity contribution in [3.8, 4) is 0 Å². The fraction of sp³-hybridized carbons (Fsp3) is 0.200. The summed E-state index contributed by atoms with van der Waals surface area (Å²) < 4.78 is 0.943. The molecule has 0 aliphatic carbocycles. The van der Waals surface area contributed by atoms with Gasteiger partial charge in [-0.25, -0.2) is 0 Å². The molecule has 80 valence electrons. The van der Waals surface area contributed by atoms with Gasteiger partial charge in [-0.2, -0.15) is 0 Å². The number of rotatable bonds is 3. The third-order valence-corrected chi connectivity index (χ3v) is 2.64. The van der Waals surface area contributed by atoms with Gasteiger partial charge in [-0.3, -0.25) is 9.59 Å². The zero-order chi connectivity index (χ0) is 11.4. The molecule has 0 saturated carbocycles. The molecule has 0 spiro atoms. The smallest absolute Gasteiger partial charge is 0.312 e. The molecule has 0 bridgehead atoms. The van der Waals surface area contributed by atoms with Crippen LogP contribution in [-0.4, -0.2) is 17.0 Å². The SMILES string of the molecule is Cc1cc(NC(=O)CC(=O)O)ccc1Br. The van der Waals surface area contributed by atoms with Crippen molar-refractivity contribution in [1.82, 2.24) is 0 Å². The van der Waals surface area contributed by atoms with E-state index in [0.29, 0.717) is 5.69 Å². The van der Waals surface area contributed by atoms with Gasteiger partial charge in [0, 0.05) is 10.2 Å². The summed E-state index contributed by atoms with van der Waals surface area (Å²) in [4.78, 5) is 21.4. The van der Waals surface area contributed by atoms with E-state index < -0.39 is 18.3 Å². The van der Waals surface area contributed by atoms with Gasteiger partial charge in [-0.1, -0.05) is 15.9 Å². The Hall–Kier alpha value is -1.36. The molecule has 5 heteroatoms. The maximum Gasteiger partial charge on any atom is 0.312 e. The molecule has 4 nitrogen and oxygen atoms in total. The molecule has 2 N–H and O–H groups in total. The average molecular weight is 272 g/mol. The van der Waals surface area contributed by atoms with Crippen LogP contribution < -0.4 is 5.32 Å². The Bertz CT molecular complexity index is 404. The molecule has 0 aliphatic heterocycles. The maximum absolute atomic E-state index is 11.1. The number of carbonyl (C=O) groups excluding carboxylic acids is 1. The standard InChI is InChI=1S/C10H10BrNO3/c1-6-4-7(2-3-8(6)11)12-9(13)5-10(14)15/h2-4H,5H2,1H3,(H,12,13)(H,14,15). The molecule has 0 aliphatic rings. The fourth-order valence-corrected chi connectivity index (χ4v) is 1.31. The predicted octanol–water partition coefficient (Wildman–Crippen LogP) is 2.17. The van der Waals surface area contributed by atoms with E-state index in [1.54, 1.807) is 18.2 Å². The lowest BCUT2D eigenvalue weighted by molar-refractivity contribution is -0.139. The molecule has 0 heterocycles. The number of anilines is 1. The van der Waals surface area contributed by atoms with Gasteiger partial charge in [0.2, 0.25) is 5.91 Å². The highest BCUT2D eigenvalue weighted by atomic mass is 79.9. The highest BCUT2D eigenvalue weighted by Gasteiger charge is 2.07. The van der Waals surface area contributed by atoms with Gasteiger partial charge >= 0.3 is 5.97 Å². The number of hydrogen-bond acceptors (Lipinski definition) is 2. The lowest BCUT2D eigenvalue weighted by Crippen LogP contribution is -2.15. The van der Waals surface area contributed by atoms with Crippen molar-refractivity contribution < 1.29 is 14.7 Å². The second-order valence-electron chi connectivity index (χ2n) is 3.08. The molecule has 15 heavy (non-hydrogen) atoms. The summed E-state index contributed by atoms with van der Waals surface area (Å²) in [6, 6.07) is 5.27. The molecule has 0 aromatic heterocycles. The molecule has 0 radical (unpaired) electrons. The van der Waals surface area contributed by atoms with Crippen LogP contribution in [0.2, 0.25) is 0 Å². The van der Waals surface area contributed by atoms with Gasteiger partial charge in [-0.05, 0) is 30.7 Å². The van der Waals surface area contributed by atoms with Crippen molar-refractivity contribution >= 4 is 33.5 Å². The second kappa shape index (κ2) is 4.93. The largest absolute Gasteiger partial charge is 0.481 e. The maximum atomic E-state index is 11.1. The van der Waals surface area contributed by atoms with E-state index in [-0.39, 0.29) is 0 Å². The normalized spacial score (nSPS) is 9.73. The third-order valence-electron chi connectivity index (χ3n) is 1.75. The first-order chi connectivity index (χ1) is 6.99. The van der Waals surface area contributed by atoms with Crippen molar-refractivity contribution in [2.24, 2.45) is 0 Å². The lowest BCUT2D eigenvalue weighted by atomic mass is 10.2. The summed E-state index contributed by atoms with van der Waals surface area (Å²) in [6.45, 7) is 1.89. The number of hydrogen-bond donors (Lipinski definition) is 2. The Morgan fingerprint density at radius 2 is 2.13 bits per heavy atom. The lowest BCUT2D eigenvalue weighted by Gasteiger charge is -2.05. The van der Waals surface area contributed by atoms with Crippen LogP contribution in [0.1, 0.15) is 12.0 Å². The first-order valence-corrected chi connectivity index (χ1v) is 5.06. The molecule has 1 aromatic rings. The molecule has 0 saturated heterocycles. The highest BCUT2D eigenvalue weighted by Crippen LogP contribution is 2.19. The summed E-state index contributed by atoms with van der Waals surface area (Å²) in [5.41, 5.74) is 1.57. The van der Waals surface area contributed by atoms with Gasteiger partial charge < -0.3 is 10.4 Å². The summed E-state index contributed by atoms with van der Waals surface area (Å²) >= 11 is 3.33. The Morgan fingerprint density at radius 3 is 2.67 bits per heavy atom. The molecule has 0 fully saturated rings. The summed E-state index contributed by atoms with van der Waals surface area (Å²) in [5.74, 6) is -1.66. The van der Waals surface area contributed by atoms with Crippen LogP contribution in [0.4, 0.5) is 5.69 Å². The molecular formula is C10H10BrNO3. The number of nitrogens with one attached hydrogen (secondary N) is 1. The number of benzene rings is 1. The van der Waals surface area contributed by atoms with Gasteiger partial charge in [0.15, 0.2) is 0 Å². The second-order valence-corrected chi connectivity index (χ2v) is 3.94. The van der Waals surface area contributed by atoms with Crippen LogP contribution in [0.5, 0.6) is 0 Å². The fourth-order valence-electron chi connectivity index (χ4n) is 1.06. The molecule has 1 amide bonds. The summed E-state index contributed by atoms with van der Waals surface area (Å²) in [5, 5.41) is 10.9. The number of aliphatic carboxylic acids is 1. The Kier molecular flexibility index (Phi) is 3.85. The molecule has 1 aromatic carbocycles. The minimum atomic E-state index is -1.14. The van der Waals surface area contributed by atoms with Crippen LogP contribution in [0.3, 0.4) is 0 Å². The number of carboxylic acid groups (broad SMARTS) is 1. The molecular weight excluding hydrogens is 262 g/mol. The van der Waals surface area contributed by atoms with E-state index in [1.807, 2.05) is 6.92 Å². The van der Waals surface area contributed by atoms with E-state index >= 15 is 0 Å². The van der Waals surface area contributed by atoms with Crippen LogP contribution in [-0.2, 0) is 9.59 Å². The van der Waals surface area contributed by atoms with Gasteiger partial charge in [0.05, 0.1) is 0 Å². The molecule has 0 atom stereocenters. The third kappa shape index (κ3) is 3.71. The Morgan fingerprint density at radius 1 is 1.47 bits per heavy atom. The van der Waals surface area contributed by atoms with Crippen LogP contribution in [0.15, 0.2) is 22.7 Å². The average Bonchev–Trinajstić information content (AvgIpc) is 2.10. The first-order valence-electron chi connectivity index (χ1n) is 4.27. The number of halogens is 1. The summed E-state index contributed by atoms with van der Waals surface area (Å²) in [7, 11) is 0. The van der Waals surface area contributed by atoms with Crippen LogP contribution in [0, 0.1) is 6.92 Å². The van der Waals surface area contributed by atoms with Crippen molar-refractivity contribution in [2.45, 2.75) is 13.3 Å². The highest BCUT2D eigenvalue weighted by molar-refractivity contribution is 9.10. The number of carbonyl (C=O) groups is 2. The van der Waals surface area contributed by atoms with E-state index in [1.165, 1.54) is 0 Å². The van der Waals surface area contributed by atoms with Gasteiger partial charge in [-0.15, -0.1) is 0 Å². The van der Waals surface area contributed by atoms with Crippen molar-refractivity contribution in [3.05, 3.63) is 28.2 Å². The van der Waals surface area contributed by atoms with Crippen molar-refractivity contribution in [3.63, 3.8) is 0 Å². The number of carboxylic acids is 1. The van der Waals surface area contributed by atoms with E-state index in [9.17, 15) is 9.59 Å². The van der Waals surface area contributed by atoms with Gasteiger partial charge in [0.1, 0.15) is 6.42 Å². The van der Waals surface area contributed by atoms with Crippen LogP contribution >= 0.6 is 15.9 Å². The van der Waals surface area contributed by atoms with Crippen molar-refractivity contribution in [2.75, 3.05) is 5.32 Å². The zero-order valence-corrected chi connectivity index (χ0v) is 9.67. The van der Waals surface area contributed by atoms with Crippen molar-refractivity contribution in [1.29, 1.82) is 0 Å². The molecule has 1 rings (SSSR count). The Labute approximate surface area is 95.4 Å². The van der Waals surface area contributed by atoms with E-state index in [2.05, 4.69) is 21.2 Å². The van der Waals surface area contributed by atoms with Gasteiger partial charge in [0.25, 0.3) is 0 Å².